The van der Waals surface area contributed by atoms with Crippen molar-refractivity contribution >= 4 is 5.97 Å². The molecule has 1 fully saturated rings. The van der Waals surface area contributed by atoms with Gasteiger partial charge >= 0.3 is 5.97 Å². The summed E-state index contributed by atoms with van der Waals surface area (Å²) in [4.78, 5) is 12.6. The van der Waals surface area contributed by atoms with Crippen molar-refractivity contribution in [2.75, 3.05) is 33.4 Å². The first-order chi connectivity index (χ1) is 6.65. The Kier molecular flexibility index (Phi) is 4.21. The number of hydrogen-bond donors (Lipinski definition) is 0. The maximum absolute atomic E-state index is 12.1. The summed E-state index contributed by atoms with van der Waals surface area (Å²) >= 11 is 0. The quantitative estimate of drug-likeness (QED) is 0.619. The van der Waals surface area contributed by atoms with Crippen LogP contribution in [0, 0.1) is 0 Å². The van der Waals surface area contributed by atoms with E-state index in [1.54, 1.807) is 0 Å². The van der Waals surface area contributed by atoms with Crippen LogP contribution in [-0.4, -0.2) is 56.7 Å². The molecule has 1 unspecified atom stereocenters. The lowest BCUT2D eigenvalue weighted by atomic mass is 10.2. The van der Waals surface area contributed by atoms with E-state index in [9.17, 15) is 13.6 Å². The predicted octanol–water partition coefficient (Wildman–Crippen LogP) is 0.125. The molecule has 0 aromatic carbocycles. The smallest absolute Gasteiger partial charge is 0.325 e. The fourth-order valence-corrected chi connectivity index (χ4v) is 1.39. The van der Waals surface area contributed by atoms with E-state index in [1.807, 2.05) is 0 Å². The van der Waals surface area contributed by atoms with Gasteiger partial charge in [-0.15, -0.1) is 0 Å². The van der Waals surface area contributed by atoms with Gasteiger partial charge in [0.2, 0.25) is 0 Å². The standard InChI is InChI=1S/C8H13F2NO3/c1-13-8(12)6-5-14-3-2-11(6)4-7(9)10/h6-7H,2-5H2,1H3. The molecule has 1 heterocycles. The molecular weight excluding hydrogens is 196 g/mol. The molecule has 1 aliphatic heterocycles. The van der Waals surface area contributed by atoms with Gasteiger partial charge in [-0.25, -0.2) is 8.78 Å². The number of morpholine rings is 1. The zero-order valence-electron chi connectivity index (χ0n) is 7.91. The van der Waals surface area contributed by atoms with E-state index in [-0.39, 0.29) is 6.61 Å². The lowest BCUT2D eigenvalue weighted by Gasteiger charge is -2.33. The molecule has 0 saturated carbocycles. The van der Waals surface area contributed by atoms with Crippen molar-refractivity contribution in [2.45, 2.75) is 12.5 Å². The summed E-state index contributed by atoms with van der Waals surface area (Å²) in [7, 11) is 1.23. The number of alkyl halides is 2. The summed E-state index contributed by atoms with van der Waals surface area (Å²) in [5, 5.41) is 0. The molecule has 6 heteroatoms. The minimum atomic E-state index is -2.44. The monoisotopic (exact) mass is 209 g/mol. The van der Waals surface area contributed by atoms with Gasteiger partial charge in [0.25, 0.3) is 6.43 Å². The van der Waals surface area contributed by atoms with E-state index in [4.69, 9.17) is 4.74 Å². The van der Waals surface area contributed by atoms with Crippen LogP contribution in [0.15, 0.2) is 0 Å². The third kappa shape index (κ3) is 2.88. The topological polar surface area (TPSA) is 38.8 Å². The Morgan fingerprint density at radius 3 is 3.00 bits per heavy atom. The van der Waals surface area contributed by atoms with Crippen molar-refractivity contribution in [1.29, 1.82) is 0 Å². The van der Waals surface area contributed by atoms with Crippen LogP contribution in [0.25, 0.3) is 0 Å². The zero-order valence-corrected chi connectivity index (χ0v) is 7.91. The number of methoxy groups -OCH3 is 1. The minimum absolute atomic E-state index is 0.124. The summed E-state index contributed by atoms with van der Waals surface area (Å²) < 4.78 is 33.8. The summed E-state index contributed by atoms with van der Waals surface area (Å²) in [5.41, 5.74) is 0. The van der Waals surface area contributed by atoms with E-state index in [0.717, 1.165) is 0 Å². The highest BCUT2D eigenvalue weighted by atomic mass is 19.3. The Morgan fingerprint density at radius 2 is 2.43 bits per heavy atom. The van der Waals surface area contributed by atoms with E-state index in [1.165, 1.54) is 12.0 Å². The van der Waals surface area contributed by atoms with Gasteiger partial charge in [0.05, 0.1) is 26.9 Å². The van der Waals surface area contributed by atoms with Crippen LogP contribution in [0.1, 0.15) is 0 Å². The van der Waals surface area contributed by atoms with Crippen molar-refractivity contribution in [3.63, 3.8) is 0 Å². The molecule has 0 radical (unpaired) electrons. The van der Waals surface area contributed by atoms with Gasteiger partial charge in [-0.3, -0.25) is 9.69 Å². The summed E-state index contributed by atoms with van der Waals surface area (Å²) in [6, 6.07) is -0.692. The molecule has 0 aliphatic carbocycles. The maximum Gasteiger partial charge on any atom is 0.325 e. The first-order valence-corrected chi connectivity index (χ1v) is 4.33. The second kappa shape index (κ2) is 5.21. The van der Waals surface area contributed by atoms with Gasteiger partial charge < -0.3 is 9.47 Å². The van der Waals surface area contributed by atoms with E-state index in [0.29, 0.717) is 13.2 Å². The summed E-state index contributed by atoms with van der Waals surface area (Å²) in [6.07, 6.45) is -2.44. The molecule has 1 aliphatic rings. The van der Waals surface area contributed by atoms with E-state index >= 15 is 0 Å². The minimum Gasteiger partial charge on any atom is -0.468 e. The molecule has 1 saturated heterocycles. The van der Waals surface area contributed by atoms with Crippen molar-refractivity contribution in [3.8, 4) is 0 Å². The van der Waals surface area contributed by atoms with E-state index < -0.39 is 25.0 Å². The van der Waals surface area contributed by atoms with Gasteiger partial charge in [0, 0.05) is 6.54 Å². The highest BCUT2D eigenvalue weighted by Crippen LogP contribution is 2.10. The number of carbonyl (C=O) groups excluding carboxylic acids is 1. The highest BCUT2D eigenvalue weighted by Gasteiger charge is 2.31. The molecule has 4 nitrogen and oxygen atoms in total. The molecule has 0 aromatic rings. The van der Waals surface area contributed by atoms with Crippen LogP contribution in [0.5, 0.6) is 0 Å². The SMILES string of the molecule is COC(=O)C1COCCN1CC(F)F. The maximum atomic E-state index is 12.1. The first-order valence-electron chi connectivity index (χ1n) is 4.33. The Morgan fingerprint density at radius 1 is 1.71 bits per heavy atom. The van der Waals surface area contributed by atoms with Crippen molar-refractivity contribution < 1.29 is 23.0 Å². The third-order valence-corrected chi connectivity index (χ3v) is 2.09. The number of halogens is 2. The molecule has 82 valence electrons. The average Bonchev–Trinajstić information content (AvgIpc) is 2.16. The second-order valence-electron chi connectivity index (χ2n) is 3.00. The first kappa shape index (κ1) is 11.3. The van der Waals surface area contributed by atoms with Gasteiger partial charge in [0.1, 0.15) is 6.04 Å². The molecule has 0 bridgehead atoms. The van der Waals surface area contributed by atoms with Crippen LogP contribution in [0.2, 0.25) is 0 Å². The highest BCUT2D eigenvalue weighted by molar-refractivity contribution is 5.75. The van der Waals surface area contributed by atoms with Crippen LogP contribution in [0.3, 0.4) is 0 Å². The molecule has 0 spiro atoms. The Balaban J connectivity index is 2.54. The number of esters is 1. The largest absolute Gasteiger partial charge is 0.468 e. The number of carbonyl (C=O) groups is 1. The van der Waals surface area contributed by atoms with Crippen LogP contribution >= 0.6 is 0 Å². The second-order valence-corrected chi connectivity index (χ2v) is 3.00. The Labute approximate surface area is 80.8 Å². The average molecular weight is 209 g/mol. The molecule has 0 aromatic heterocycles. The summed E-state index contributed by atoms with van der Waals surface area (Å²) in [5.74, 6) is -0.523. The molecule has 1 rings (SSSR count). The third-order valence-electron chi connectivity index (χ3n) is 2.09. The van der Waals surface area contributed by atoms with Gasteiger partial charge in [-0.2, -0.15) is 0 Å². The molecule has 0 N–H and O–H groups in total. The van der Waals surface area contributed by atoms with Crippen LogP contribution in [-0.2, 0) is 14.3 Å². The predicted molar refractivity (Wildman–Crippen MR) is 44.2 cm³/mol. The summed E-state index contributed by atoms with van der Waals surface area (Å²) in [6.45, 7) is 0.423. The number of hydrogen-bond acceptors (Lipinski definition) is 4. The molecule has 1 atom stereocenters. The van der Waals surface area contributed by atoms with Gasteiger partial charge in [-0.1, -0.05) is 0 Å². The van der Waals surface area contributed by atoms with Crippen LogP contribution in [0.4, 0.5) is 8.78 Å². The molecule has 0 amide bonds. The van der Waals surface area contributed by atoms with Gasteiger partial charge in [-0.05, 0) is 0 Å². The lowest BCUT2D eigenvalue weighted by molar-refractivity contribution is -0.154. The van der Waals surface area contributed by atoms with Crippen molar-refractivity contribution in [2.24, 2.45) is 0 Å². The molecule has 14 heavy (non-hydrogen) atoms. The number of ether oxygens (including phenoxy) is 2. The number of rotatable bonds is 3. The van der Waals surface area contributed by atoms with Crippen LogP contribution < -0.4 is 0 Å². The van der Waals surface area contributed by atoms with E-state index in [2.05, 4.69) is 4.74 Å². The van der Waals surface area contributed by atoms with Gasteiger partial charge in [0.15, 0.2) is 0 Å². The number of nitrogens with zero attached hydrogens (tertiary/aromatic N) is 1. The van der Waals surface area contributed by atoms with Crippen molar-refractivity contribution in [1.82, 2.24) is 4.90 Å². The fraction of sp³-hybridized carbons (Fsp3) is 0.875. The fourth-order valence-electron chi connectivity index (χ4n) is 1.39. The van der Waals surface area contributed by atoms with Crippen molar-refractivity contribution in [3.05, 3.63) is 0 Å². The Hall–Kier alpha value is -0.750. The normalized spacial score (nSPS) is 23.9. The Bertz CT molecular complexity index is 201. The lowest BCUT2D eigenvalue weighted by Crippen LogP contribution is -2.51. The molecular formula is C8H13F2NO3. The zero-order chi connectivity index (χ0) is 10.6.